The van der Waals surface area contributed by atoms with Crippen LogP contribution in [0.1, 0.15) is 11.4 Å². The monoisotopic (exact) mass is 399 g/mol. The molecule has 0 aliphatic carbocycles. The van der Waals surface area contributed by atoms with Gasteiger partial charge in [-0.1, -0.05) is 18.2 Å². The second-order valence-electron chi connectivity index (χ2n) is 5.77. The Morgan fingerprint density at radius 2 is 2.00 bits per heavy atom. The van der Waals surface area contributed by atoms with Gasteiger partial charge >= 0.3 is 0 Å². The van der Waals surface area contributed by atoms with Crippen molar-refractivity contribution in [1.82, 2.24) is 19.6 Å². The van der Waals surface area contributed by atoms with Crippen molar-refractivity contribution in [3.05, 3.63) is 64.1 Å². The predicted molar refractivity (Wildman–Crippen MR) is 99.3 cm³/mol. The van der Waals surface area contributed by atoms with Crippen LogP contribution in [0.3, 0.4) is 0 Å². The molecule has 0 unspecified atom stereocenters. The fourth-order valence-electron chi connectivity index (χ4n) is 2.79. The predicted octanol–water partition coefficient (Wildman–Crippen LogP) is 4.14. The molecule has 0 aliphatic rings. The molecule has 0 amide bonds. The van der Waals surface area contributed by atoms with E-state index >= 15 is 0 Å². The van der Waals surface area contributed by atoms with E-state index in [0.29, 0.717) is 22.8 Å². The fourth-order valence-corrected chi connectivity index (χ4v) is 3.21. The number of fused-ring (bicyclic) bond motifs is 3. The third-order valence-corrected chi connectivity index (χ3v) is 4.57. The first-order valence-electron chi connectivity index (χ1n) is 7.92. The van der Waals surface area contributed by atoms with Crippen LogP contribution in [-0.2, 0) is 6.42 Å². The van der Waals surface area contributed by atoms with Gasteiger partial charge in [0.25, 0.3) is 0 Å². The highest BCUT2D eigenvalue weighted by Crippen LogP contribution is 2.21. The first-order chi connectivity index (χ1) is 12.1. The largest absolute Gasteiger partial charge is 0.354 e. The van der Waals surface area contributed by atoms with Gasteiger partial charge in [-0.3, -0.25) is 0 Å². The molecule has 126 valence electrons. The average molecular weight is 400 g/mol. The lowest BCUT2D eigenvalue weighted by atomic mass is 10.1. The third kappa shape index (κ3) is 3.07. The zero-order valence-electron chi connectivity index (χ0n) is 13.5. The lowest BCUT2D eigenvalue weighted by Crippen LogP contribution is -2.11. The summed E-state index contributed by atoms with van der Waals surface area (Å²) in [5.74, 6) is 1.09. The molecule has 4 rings (SSSR count). The second-order valence-corrected chi connectivity index (χ2v) is 6.63. The van der Waals surface area contributed by atoms with Gasteiger partial charge in [-0.15, -0.1) is 5.10 Å². The number of hydrogen-bond acceptors (Lipinski definition) is 4. The summed E-state index contributed by atoms with van der Waals surface area (Å²) in [5.41, 5.74) is 2.69. The molecule has 0 bridgehead atoms. The smallest absolute Gasteiger partial charge is 0.226 e. The fraction of sp³-hybridized carbons (Fsp3) is 0.167. The zero-order valence-corrected chi connectivity index (χ0v) is 15.1. The number of hydrogen-bond donors (Lipinski definition) is 1. The topological polar surface area (TPSA) is 55.1 Å². The van der Waals surface area contributed by atoms with E-state index in [9.17, 15) is 4.39 Å². The maximum absolute atomic E-state index is 13.3. The number of halogens is 2. The lowest BCUT2D eigenvalue weighted by Gasteiger charge is -2.09. The van der Waals surface area contributed by atoms with Crippen molar-refractivity contribution in [1.29, 1.82) is 0 Å². The van der Waals surface area contributed by atoms with Crippen LogP contribution in [0.4, 0.5) is 10.3 Å². The van der Waals surface area contributed by atoms with Crippen molar-refractivity contribution < 1.29 is 4.39 Å². The normalized spacial score (nSPS) is 11.3. The van der Waals surface area contributed by atoms with E-state index in [2.05, 4.69) is 36.3 Å². The van der Waals surface area contributed by atoms with Crippen molar-refractivity contribution >= 4 is 38.4 Å². The average Bonchev–Trinajstić information content (AvgIpc) is 3.00. The maximum Gasteiger partial charge on any atom is 0.226 e. The number of rotatable bonds is 4. The van der Waals surface area contributed by atoms with Crippen molar-refractivity contribution in [2.45, 2.75) is 13.3 Å². The third-order valence-electron chi connectivity index (χ3n) is 3.97. The van der Waals surface area contributed by atoms with E-state index in [1.807, 2.05) is 31.2 Å². The molecule has 2 aromatic heterocycles. The summed E-state index contributed by atoms with van der Waals surface area (Å²) in [6.45, 7) is 2.51. The molecule has 0 fully saturated rings. The second kappa shape index (κ2) is 6.40. The maximum atomic E-state index is 13.3. The summed E-state index contributed by atoms with van der Waals surface area (Å²) in [5, 5.41) is 8.72. The molecule has 4 aromatic rings. The van der Waals surface area contributed by atoms with Crippen LogP contribution < -0.4 is 5.32 Å². The van der Waals surface area contributed by atoms with Crippen LogP contribution >= 0.6 is 15.9 Å². The quantitative estimate of drug-likeness (QED) is 0.560. The van der Waals surface area contributed by atoms with E-state index in [1.54, 1.807) is 16.6 Å². The Morgan fingerprint density at radius 1 is 1.16 bits per heavy atom. The molecule has 0 aliphatic heterocycles. The molecule has 0 atom stereocenters. The number of anilines is 1. The number of para-hydroxylation sites is 1. The Kier molecular flexibility index (Phi) is 4.09. The first-order valence-corrected chi connectivity index (χ1v) is 8.71. The van der Waals surface area contributed by atoms with Gasteiger partial charge in [0.2, 0.25) is 5.95 Å². The Labute approximate surface area is 152 Å². The molecule has 2 aromatic carbocycles. The number of nitrogens with zero attached hydrogens (tertiary/aromatic N) is 4. The van der Waals surface area contributed by atoms with Crippen LogP contribution in [0.25, 0.3) is 16.6 Å². The van der Waals surface area contributed by atoms with Crippen molar-refractivity contribution in [3.8, 4) is 0 Å². The number of nitrogens with one attached hydrogen (secondary N) is 1. The van der Waals surface area contributed by atoms with E-state index in [-0.39, 0.29) is 5.82 Å². The standard InChI is InChI=1S/C18H15BrFN5/c1-11-22-17-13-4-2-3-5-16(13)23-18(25(17)24-11)21-9-8-12-6-7-15(20)14(19)10-12/h2-7,10H,8-9H2,1H3,(H,21,23). The number of aromatic nitrogens is 4. The Morgan fingerprint density at radius 3 is 2.84 bits per heavy atom. The SMILES string of the molecule is Cc1nc2c3ccccc3nc(NCCc3ccc(F)c(Br)c3)n2n1. The summed E-state index contributed by atoms with van der Waals surface area (Å²) in [7, 11) is 0. The molecule has 2 heterocycles. The van der Waals surface area contributed by atoms with Gasteiger partial charge in [0, 0.05) is 11.9 Å². The van der Waals surface area contributed by atoms with Crippen LogP contribution in [0.2, 0.25) is 0 Å². The van der Waals surface area contributed by atoms with Crippen LogP contribution in [0, 0.1) is 12.7 Å². The van der Waals surface area contributed by atoms with Gasteiger partial charge < -0.3 is 5.32 Å². The van der Waals surface area contributed by atoms with E-state index in [4.69, 9.17) is 0 Å². The van der Waals surface area contributed by atoms with Crippen molar-refractivity contribution in [3.63, 3.8) is 0 Å². The molecule has 0 saturated carbocycles. The summed E-state index contributed by atoms with van der Waals surface area (Å²) >= 11 is 3.22. The zero-order chi connectivity index (χ0) is 17.4. The summed E-state index contributed by atoms with van der Waals surface area (Å²) in [6, 6.07) is 12.9. The molecule has 0 radical (unpaired) electrons. The van der Waals surface area contributed by atoms with E-state index < -0.39 is 0 Å². The van der Waals surface area contributed by atoms with Gasteiger partial charge in [0.05, 0.1) is 9.99 Å². The van der Waals surface area contributed by atoms with Gasteiger partial charge in [-0.05, 0) is 59.1 Å². The van der Waals surface area contributed by atoms with Crippen LogP contribution in [0.5, 0.6) is 0 Å². The Bertz CT molecular complexity index is 1080. The Hall–Kier alpha value is -2.54. The number of aryl methyl sites for hydroxylation is 1. The minimum absolute atomic E-state index is 0.257. The summed E-state index contributed by atoms with van der Waals surface area (Å²) < 4.78 is 15.5. The van der Waals surface area contributed by atoms with E-state index in [1.165, 1.54) is 6.07 Å². The molecule has 25 heavy (non-hydrogen) atoms. The minimum atomic E-state index is -0.257. The van der Waals surface area contributed by atoms with Gasteiger partial charge in [-0.2, -0.15) is 4.52 Å². The highest BCUT2D eigenvalue weighted by Gasteiger charge is 2.11. The first kappa shape index (κ1) is 16.0. The van der Waals surface area contributed by atoms with Gasteiger partial charge in [0.15, 0.2) is 5.65 Å². The molecular formula is C18H15BrFN5. The van der Waals surface area contributed by atoms with Crippen molar-refractivity contribution in [2.24, 2.45) is 0 Å². The highest BCUT2D eigenvalue weighted by atomic mass is 79.9. The number of benzene rings is 2. The summed E-state index contributed by atoms with van der Waals surface area (Å²) in [6.07, 6.45) is 0.739. The molecule has 5 nitrogen and oxygen atoms in total. The highest BCUT2D eigenvalue weighted by molar-refractivity contribution is 9.10. The van der Waals surface area contributed by atoms with Crippen LogP contribution in [0.15, 0.2) is 46.9 Å². The van der Waals surface area contributed by atoms with E-state index in [0.717, 1.165) is 28.5 Å². The Balaban J connectivity index is 1.62. The minimum Gasteiger partial charge on any atom is -0.354 e. The molecular weight excluding hydrogens is 385 g/mol. The van der Waals surface area contributed by atoms with Crippen molar-refractivity contribution in [2.75, 3.05) is 11.9 Å². The molecule has 7 heteroatoms. The molecule has 0 spiro atoms. The molecule has 1 N–H and O–H groups in total. The van der Waals surface area contributed by atoms with Crippen LogP contribution in [-0.4, -0.2) is 26.1 Å². The van der Waals surface area contributed by atoms with Gasteiger partial charge in [-0.25, -0.2) is 14.4 Å². The lowest BCUT2D eigenvalue weighted by molar-refractivity contribution is 0.620. The summed E-state index contributed by atoms with van der Waals surface area (Å²) in [4.78, 5) is 9.17. The molecule has 0 saturated heterocycles. The van der Waals surface area contributed by atoms with Gasteiger partial charge in [0.1, 0.15) is 11.6 Å².